The third kappa shape index (κ3) is 3.02. The van der Waals surface area contributed by atoms with Gasteiger partial charge >= 0.3 is 0 Å². The lowest BCUT2D eigenvalue weighted by molar-refractivity contribution is 0.0705. The number of aromatic amines is 1. The van der Waals surface area contributed by atoms with Gasteiger partial charge in [0.2, 0.25) is 0 Å². The van der Waals surface area contributed by atoms with E-state index in [1.807, 2.05) is 15.8 Å². The summed E-state index contributed by atoms with van der Waals surface area (Å²) in [6.07, 6.45) is 6.14. The van der Waals surface area contributed by atoms with Gasteiger partial charge in [0, 0.05) is 50.1 Å². The molecule has 0 saturated carbocycles. The second kappa shape index (κ2) is 6.78. The summed E-state index contributed by atoms with van der Waals surface area (Å²) in [5.74, 6) is 0.178. The van der Waals surface area contributed by atoms with Crippen molar-refractivity contribution in [3.8, 4) is 0 Å². The number of aryl methyl sites for hydroxylation is 1. The second-order valence-corrected chi connectivity index (χ2v) is 6.71. The molecule has 0 aliphatic carbocycles. The molecule has 8 nitrogen and oxygen atoms in total. The number of carbonyl (C=O) groups excluding carboxylic acids is 1. The molecule has 0 atom stereocenters. The fourth-order valence-corrected chi connectivity index (χ4v) is 3.53. The van der Waals surface area contributed by atoms with Gasteiger partial charge in [0.25, 0.3) is 11.5 Å². The number of hydrogen-bond acceptors (Lipinski definition) is 4. The summed E-state index contributed by atoms with van der Waals surface area (Å²) in [7, 11) is 0. The third-order valence-electron chi connectivity index (χ3n) is 4.91. The molecule has 4 rings (SSSR count). The van der Waals surface area contributed by atoms with Crippen molar-refractivity contribution in [1.29, 1.82) is 0 Å². The first-order valence-corrected chi connectivity index (χ1v) is 9.05. The fourth-order valence-electron chi connectivity index (χ4n) is 3.53. The molecular formula is C18H22N6O2. The van der Waals surface area contributed by atoms with Crippen LogP contribution in [0.25, 0.3) is 5.65 Å². The zero-order valence-electron chi connectivity index (χ0n) is 14.8. The molecule has 1 amide bonds. The average molecular weight is 354 g/mol. The van der Waals surface area contributed by atoms with E-state index >= 15 is 0 Å². The van der Waals surface area contributed by atoms with E-state index in [1.165, 1.54) is 4.52 Å². The Morgan fingerprint density at radius 3 is 2.88 bits per heavy atom. The van der Waals surface area contributed by atoms with Crippen LogP contribution in [0.15, 0.2) is 35.4 Å². The molecule has 3 aromatic heterocycles. The standard InChI is InChI=1S/C18H22N6O2/c1-2-8-23-11-6-14(21-23)18(26)22-9-4-13(5-10-22)15-12-17(25)24-16(20-15)3-7-19-24/h3,6-7,11-13,19H,2,4-5,8-10H2,1H3. The molecule has 0 radical (unpaired) electrons. The lowest BCUT2D eigenvalue weighted by Gasteiger charge is -2.31. The molecule has 8 heteroatoms. The maximum absolute atomic E-state index is 12.6. The third-order valence-corrected chi connectivity index (χ3v) is 4.91. The lowest BCUT2D eigenvalue weighted by atomic mass is 9.93. The van der Waals surface area contributed by atoms with Crippen LogP contribution in [-0.2, 0) is 6.54 Å². The van der Waals surface area contributed by atoms with Gasteiger partial charge in [0.15, 0.2) is 5.65 Å². The van der Waals surface area contributed by atoms with Crippen LogP contribution in [0.2, 0.25) is 0 Å². The van der Waals surface area contributed by atoms with Gasteiger partial charge in [-0.1, -0.05) is 6.92 Å². The highest BCUT2D eigenvalue weighted by Gasteiger charge is 2.27. The Hall–Kier alpha value is -2.90. The van der Waals surface area contributed by atoms with Crippen molar-refractivity contribution in [2.24, 2.45) is 0 Å². The minimum Gasteiger partial charge on any atom is -0.337 e. The molecule has 136 valence electrons. The molecule has 0 spiro atoms. The molecule has 0 aromatic carbocycles. The van der Waals surface area contributed by atoms with Crippen molar-refractivity contribution in [1.82, 2.24) is 29.3 Å². The lowest BCUT2D eigenvalue weighted by Crippen LogP contribution is -2.38. The summed E-state index contributed by atoms with van der Waals surface area (Å²) in [5.41, 5.74) is 1.85. The normalized spacial score (nSPS) is 15.7. The van der Waals surface area contributed by atoms with E-state index in [0.717, 1.165) is 31.5 Å². The Kier molecular flexibility index (Phi) is 4.32. The molecule has 1 N–H and O–H groups in total. The molecule has 0 bridgehead atoms. The van der Waals surface area contributed by atoms with Crippen molar-refractivity contribution in [3.63, 3.8) is 0 Å². The predicted octanol–water partition coefficient (Wildman–Crippen LogP) is 1.65. The topological polar surface area (TPSA) is 88.3 Å². The fraction of sp³-hybridized carbons (Fsp3) is 0.444. The Bertz CT molecular complexity index is 977. The van der Waals surface area contributed by atoms with Crippen molar-refractivity contribution in [2.45, 2.75) is 38.6 Å². The maximum Gasteiger partial charge on any atom is 0.274 e. The van der Waals surface area contributed by atoms with Crippen molar-refractivity contribution < 1.29 is 4.79 Å². The highest BCUT2D eigenvalue weighted by Crippen LogP contribution is 2.27. The van der Waals surface area contributed by atoms with Crippen LogP contribution in [0.4, 0.5) is 0 Å². The quantitative estimate of drug-likeness (QED) is 0.772. The zero-order chi connectivity index (χ0) is 18.1. The van der Waals surface area contributed by atoms with Gasteiger partial charge in [-0.05, 0) is 25.3 Å². The van der Waals surface area contributed by atoms with Gasteiger partial charge in [0.1, 0.15) is 5.69 Å². The number of fused-ring (bicyclic) bond motifs is 1. The summed E-state index contributed by atoms with van der Waals surface area (Å²) in [6.45, 7) is 4.20. The average Bonchev–Trinajstić information content (AvgIpc) is 3.31. The van der Waals surface area contributed by atoms with E-state index < -0.39 is 0 Å². The molecule has 1 fully saturated rings. The van der Waals surface area contributed by atoms with E-state index in [1.54, 1.807) is 24.4 Å². The number of piperidine rings is 1. The molecule has 1 aliphatic rings. The molecule has 4 heterocycles. The first kappa shape index (κ1) is 16.6. The van der Waals surface area contributed by atoms with E-state index in [-0.39, 0.29) is 17.4 Å². The van der Waals surface area contributed by atoms with Crippen LogP contribution >= 0.6 is 0 Å². The number of likely N-dealkylation sites (tertiary alicyclic amines) is 1. The number of carbonyl (C=O) groups is 1. The largest absolute Gasteiger partial charge is 0.337 e. The van der Waals surface area contributed by atoms with Crippen LogP contribution in [0.3, 0.4) is 0 Å². The van der Waals surface area contributed by atoms with Gasteiger partial charge in [-0.15, -0.1) is 0 Å². The summed E-state index contributed by atoms with van der Waals surface area (Å²) in [5, 5.41) is 7.21. The summed E-state index contributed by atoms with van der Waals surface area (Å²) < 4.78 is 3.23. The van der Waals surface area contributed by atoms with Crippen molar-refractivity contribution in [2.75, 3.05) is 13.1 Å². The van der Waals surface area contributed by atoms with Gasteiger partial charge in [-0.3, -0.25) is 19.4 Å². The monoisotopic (exact) mass is 354 g/mol. The second-order valence-electron chi connectivity index (χ2n) is 6.71. The van der Waals surface area contributed by atoms with Gasteiger partial charge < -0.3 is 4.90 Å². The summed E-state index contributed by atoms with van der Waals surface area (Å²) in [4.78, 5) is 31.2. The van der Waals surface area contributed by atoms with Crippen molar-refractivity contribution >= 4 is 11.6 Å². The molecule has 0 unspecified atom stereocenters. The number of aromatic nitrogens is 5. The molecule has 1 aliphatic heterocycles. The maximum atomic E-state index is 12.6. The number of hydrogen-bond donors (Lipinski definition) is 1. The van der Waals surface area contributed by atoms with E-state index in [4.69, 9.17) is 0 Å². The van der Waals surface area contributed by atoms with Crippen LogP contribution in [0.5, 0.6) is 0 Å². The first-order chi connectivity index (χ1) is 12.7. The highest BCUT2D eigenvalue weighted by atomic mass is 16.2. The molecule has 1 saturated heterocycles. The number of H-pyrrole nitrogens is 1. The number of nitrogens with zero attached hydrogens (tertiary/aromatic N) is 5. The Balaban J connectivity index is 1.44. The SMILES string of the molecule is CCCn1ccc(C(=O)N2CCC(c3cc(=O)n4[nH]ccc4n3)CC2)n1. The Morgan fingerprint density at radius 1 is 1.31 bits per heavy atom. The first-order valence-electron chi connectivity index (χ1n) is 9.05. The van der Waals surface area contributed by atoms with Crippen LogP contribution in [0.1, 0.15) is 48.3 Å². The number of amides is 1. The smallest absolute Gasteiger partial charge is 0.274 e. The molecule has 26 heavy (non-hydrogen) atoms. The minimum atomic E-state index is -0.102. The van der Waals surface area contributed by atoms with E-state index in [0.29, 0.717) is 24.4 Å². The van der Waals surface area contributed by atoms with Gasteiger partial charge in [-0.25, -0.2) is 9.50 Å². The van der Waals surface area contributed by atoms with Crippen LogP contribution in [-0.4, -0.2) is 48.3 Å². The zero-order valence-corrected chi connectivity index (χ0v) is 14.8. The van der Waals surface area contributed by atoms with Gasteiger partial charge in [0.05, 0.1) is 5.69 Å². The van der Waals surface area contributed by atoms with Crippen LogP contribution in [0, 0.1) is 0 Å². The number of rotatable bonds is 4. The van der Waals surface area contributed by atoms with E-state index in [9.17, 15) is 9.59 Å². The predicted molar refractivity (Wildman–Crippen MR) is 96.2 cm³/mol. The number of nitrogens with one attached hydrogen (secondary N) is 1. The Morgan fingerprint density at radius 2 is 2.12 bits per heavy atom. The van der Waals surface area contributed by atoms with Gasteiger partial charge in [-0.2, -0.15) is 5.10 Å². The molecular weight excluding hydrogens is 332 g/mol. The summed E-state index contributed by atoms with van der Waals surface area (Å²) in [6, 6.07) is 5.17. The summed E-state index contributed by atoms with van der Waals surface area (Å²) >= 11 is 0. The minimum absolute atomic E-state index is 0.0209. The molecule has 3 aromatic rings. The van der Waals surface area contributed by atoms with Crippen molar-refractivity contribution in [3.05, 3.63) is 52.3 Å². The van der Waals surface area contributed by atoms with E-state index in [2.05, 4.69) is 22.1 Å². The highest BCUT2D eigenvalue weighted by molar-refractivity contribution is 5.92. The Labute approximate surface area is 150 Å². The van der Waals surface area contributed by atoms with Crippen LogP contribution < -0.4 is 5.56 Å².